The van der Waals surface area contributed by atoms with Gasteiger partial charge in [-0.2, -0.15) is 0 Å². The van der Waals surface area contributed by atoms with E-state index in [1.165, 1.54) is 6.21 Å². The predicted molar refractivity (Wildman–Crippen MR) is 97.6 cm³/mol. The zero-order valence-corrected chi connectivity index (χ0v) is 14.2. The number of aliphatic imine (C=N–C) groups is 1. The molecule has 0 spiro atoms. The van der Waals surface area contributed by atoms with Crippen molar-refractivity contribution in [3.63, 3.8) is 0 Å². The summed E-state index contributed by atoms with van der Waals surface area (Å²) in [4.78, 5) is 13.2. The molecular weight excluding hydrogens is 324 g/mol. The van der Waals surface area contributed by atoms with Crippen LogP contribution in [0, 0.1) is 11.3 Å². The molecule has 1 N–H and O–H groups in total. The van der Waals surface area contributed by atoms with Crippen LogP contribution in [0.4, 0.5) is 0 Å². The lowest BCUT2D eigenvalue weighted by molar-refractivity contribution is 0.0647. The quantitative estimate of drug-likeness (QED) is 0.638. The second kappa shape index (κ2) is 8.31. The molecule has 1 atom stereocenters. The van der Waals surface area contributed by atoms with Crippen LogP contribution in [-0.4, -0.2) is 42.2 Å². The second-order valence-electron chi connectivity index (χ2n) is 6.03. The molecule has 2 aromatic rings. The molecular formula is C18H21ClN4O. The molecule has 1 aliphatic heterocycles. The van der Waals surface area contributed by atoms with Crippen molar-refractivity contribution < 1.29 is 4.74 Å². The van der Waals surface area contributed by atoms with Gasteiger partial charge in [0.2, 0.25) is 0 Å². The molecule has 24 heavy (non-hydrogen) atoms. The average molecular weight is 345 g/mol. The van der Waals surface area contributed by atoms with Gasteiger partial charge in [-0.3, -0.25) is 9.98 Å². The third-order valence-electron chi connectivity index (χ3n) is 4.36. The number of hydrogen-bond acceptors (Lipinski definition) is 5. The van der Waals surface area contributed by atoms with Gasteiger partial charge in [-0.15, -0.1) is 0 Å². The van der Waals surface area contributed by atoms with E-state index in [9.17, 15) is 0 Å². The highest BCUT2D eigenvalue weighted by molar-refractivity contribution is 6.29. The zero-order valence-electron chi connectivity index (χ0n) is 13.5. The molecule has 1 saturated heterocycles. The van der Waals surface area contributed by atoms with Crippen molar-refractivity contribution in [2.45, 2.75) is 25.2 Å². The van der Waals surface area contributed by atoms with Crippen LogP contribution in [-0.2, 0) is 4.74 Å². The summed E-state index contributed by atoms with van der Waals surface area (Å²) < 4.78 is 5.37. The molecule has 1 fully saturated rings. The number of nitrogens with one attached hydrogen (secondary N) is 1. The number of pyridine rings is 2. The van der Waals surface area contributed by atoms with Gasteiger partial charge in [0.15, 0.2) is 0 Å². The maximum absolute atomic E-state index is 7.67. The number of hydrogen-bond donors (Lipinski definition) is 1. The van der Waals surface area contributed by atoms with E-state index in [4.69, 9.17) is 21.7 Å². The minimum Gasteiger partial charge on any atom is -0.381 e. The van der Waals surface area contributed by atoms with Crippen molar-refractivity contribution in [1.82, 2.24) is 9.97 Å². The van der Waals surface area contributed by atoms with Crippen molar-refractivity contribution in [3.8, 4) is 0 Å². The topological polar surface area (TPSA) is 71.2 Å². The molecule has 0 amide bonds. The predicted octanol–water partition coefficient (Wildman–Crippen LogP) is 3.90. The number of fused-ring (bicyclic) bond motifs is 1. The first-order valence-corrected chi connectivity index (χ1v) is 8.64. The summed E-state index contributed by atoms with van der Waals surface area (Å²) in [7, 11) is 0. The van der Waals surface area contributed by atoms with Gasteiger partial charge in [0.05, 0.1) is 17.0 Å². The van der Waals surface area contributed by atoms with E-state index in [0.29, 0.717) is 11.1 Å². The van der Waals surface area contributed by atoms with Crippen LogP contribution in [0.25, 0.3) is 11.0 Å². The summed E-state index contributed by atoms with van der Waals surface area (Å²) in [6, 6.07) is 5.49. The molecule has 0 bridgehead atoms. The molecule has 1 aliphatic rings. The Hall–Kier alpha value is -1.85. The lowest BCUT2D eigenvalue weighted by Crippen LogP contribution is -2.16. The minimum atomic E-state index is -0.183. The summed E-state index contributed by atoms with van der Waals surface area (Å²) in [5, 5.41) is 8.11. The summed E-state index contributed by atoms with van der Waals surface area (Å²) in [6.07, 6.45) is 8.33. The number of aromatic nitrogens is 2. The maximum atomic E-state index is 7.67. The Kier molecular flexibility index (Phi) is 5.88. The molecule has 1 unspecified atom stereocenters. The van der Waals surface area contributed by atoms with E-state index in [-0.39, 0.29) is 5.92 Å². The summed E-state index contributed by atoms with van der Waals surface area (Å²) in [5.41, 5.74) is 2.44. The van der Waals surface area contributed by atoms with Crippen LogP contribution in [0.5, 0.6) is 0 Å². The Morgan fingerprint density at radius 2 is 2.17 bits per heavy atom. The van der Waals surface area contributed by atoms with Crippen LogP contribution in [0.1, 0.15) is 30.7 Å². The Bertz CT molecular complexity index is 728. The third kappa shape index (κ3) is 4.36. The van der Waals surface area contributed by atoms with E-state index in [2.05, 4.69) is 15.0 Å². The van der Waals surface area contributed by atoms with E-state index in [1.807, 2.05) is 18.3 Å². The van der Waals surface area contributed by atoms with Crippen LogP contribution in [0.3, 0.4) is 0 Å². The third-order valence-corrected chi connectivity index (χ3v) is 4.57. The van der Waals surface area contributed by atoms with Crippen LogP contribution >= 0.6 is 11.6 Å². The molecule has 0 aliphatic carbocycles. The first kappa shape index (κ1) is 17.0. The Balaban J connectivity index is 1.64. The molecule has 3 heterocycles. The highest BCUT2D eigenvalue weighted by Gasteiger charge is 2.13. The number of ether oxygens (including phenoxy) is 1. The average Bonchev–Trinajstić information content (AvgIpc) is 2.62. The molecule has 6 heteroatoms. The van der Waals surface area contributed by atoms with Crippen molar-refractivity contribution in [2.75, 3.05) is 19.8 Å². The summed E-state index contributed by atoms with van der Waals surface area (Å²) >= 11 is 5.94. The van der Waals surface area contributed by atoms with E-state index >= 15 is 0 Å². The van der Waals surface area contributed by atoms with Gasteiger partial charge < -0.3 is 10.1 Å². The molecule has 0 aromatic carbocycles. The smallest absolute Gasteiger partial charge is 0.129 e. The fourth-order valence-electron chi connectivity index (χ4n) is 2.89. The van der Waals surface area contributed by atoms with Crippen LogP contribution < -0.4 is 0 Å². The van der Waals surface area contributed by atoms with Crippen molar-refractivity contribution >= 4 is 35.1 Å². The summed E-state index contributed by atoms with van der Waals surface area (Å²) in [5.74, 6) is 0.528. The molecule has 0 radical (unpaired) electrons. The Morgan fingerprint density at radius 3 is 2.96 bits per heavy atom. The number of halogens is 1. The van der Waals surface area contributed by atoms with E-state index < -0.39 is 0 Å². The highest BCUT2D eigenvalue weighted by Crippen LogP contribution is 2.20. The highest BCUT2D eigenvalue weighted by atomic mass is 35.5. The van der Waals surface area contributed by atoms with E-state index in [0.717, 1.165) is 55.6 Å². The van der Waals surface area contributed by atoms with Crippen molar-refractivity contribution in [2.24, 2.45) is 10.9 Å². The SMILES string of the molecule is N=CC(C=NCCC1CCOCC1)c1cnc2ccc(Cl)nc2c1. The van der Waals surface area contributed by atoms with Crippen LogP contribution in [0.15, 0.2) is 29.4 Å². The molecule has 3 rings (SSSR count). The van der Waals surface area contributed by atoms with Gasteiger partial charge in [0, 0.05) is 38.4 Å². The van der Waals surface area contributed by atoms with Gasteiger partial charge in [-0.1, -0.05) is 11.6 Å². The molecule has 126 valence electrons. The number of rotatable bonds is 6. The lowest BCUT2D eigenvalue weighted by Gasteiger charge is -2.20. The number of nitrogens with zero attached hydrogens (tertiary/aromatic N) is 3. The Morgan fingerprint density at radius 1 is 1.33 bits per heavy atom. The van der Waals surface area contributed by atoms with Crippen LogP contribution in [0.2, 0.25) is 5.15 Å². The maximum Gasteiger partial charge on any atom is 0.129 e. The first-order valence-electron chi connectivity index (χ1n) is 8.27. The zero-order chi connectivity index (χ0) is 16.8. The normalized spacial score (nSPS) is 17.4. The van der Waals surface area contributed by atoms with Gasteiger partial charge >= 0.3 is 0 Å². The molecule has 0 saturated carbocycles. The summed E-state index contributed by atoms with van der Waals surface area (Å²) in [6.45, 7) is 2.53. The van der Waals surface area contributed by atoms with Crippen molar-refractivity contribution in [1.29, 1.82) is 5.41 Å². The standard InChI is InChI=1S/C18H21ClN4O/c19-18-2-1-16-17(23-18)9-14(12-22-16)15(10-20)11-21-6-3-13-4-7-24-8-5-13/h1-2,9-13,15,20H,3-8H2. The van der Waals surface area contributed by atoms with E-state index in [1.54, 1.807) is 12.3 Å². The molecule has 5 nitrogen and oxygen atoms in total. The fraction of sp³-hybridized carbons (Fsp3) is 0.444. The lowest BCUT2D eigenvalue weighted by atomic mass is 9.97. The largest absolute Gasteiger partial charge is 0.381 e. The van der Waals surface area contributed by atoms with Gasteiger partial charge in [0.25, 0.3) is 0 Å². The van der Waals surface area contributed by atoms with Gasteiger partial charge in [0.1, 0.15) is 5.15 Å². The van der Waals surface area contributed by atoms with Gasteiger partial charge in [-0.25, -0.2) is 4.98 Å². The minimum absolute atomic E-state index is 0.183. The Labute approximate surface area is 146 Å². The van der Waals surface area contributed by atoms with Crippen molar-refractivity contribution in [3.05, 3.63) is 35.1 Å². The first-order chi connectivity index (χ1) is 11.8. The molecule has 2 aromatic heterocycles. The second-order valence-corrected chi connectivity index (χ2v) is 6.42. The fourth-order valence-corrected chi connectivity index (χ4v) is 3.04. The monoisotopic (exact) mass is 344 g/mol. The van der Waals surface area contributed by atoms with Gasteiger partial charge in [-0.05, 0) is 48.9 Å².